The molecule has 0 spiro atoms. The van der Waals surface area contributed by atoms with Crippen LogP contribution >= 0.6 is 0 Å². The van der Waals surface area contributed by atoms with Gasteiger partial charge in [0, 0.05) is 18.8 Å². The van der Waals surface area contributed by atoms with E-state index >= 15 is 0 Å². The number of aromatic nitrogens is 1. The van der Waals surface area contributed by atoms with Gasteiger partial charge in [-0.1, -0.05) is 0 Å². The molecule has 1 fully saturated rings. The van der Waals surface area contributed by atoms with E-state index in [4.69, 9.17) is 5.11 Å². The van der Waals surface area contributed by atoms with Crippen molar-refractivity contribution in [1.29, 1.82) is 0 Å². The van der Waals surface area contributed by atoms with Crippen molar-refractivity contribution in [3.05, 3.63) is 22.5 Å². The molecule has 0 aromatic carbocycles. The third-order valence-corrected chi connectivity index (χ3v) is 4.22. The van der Waals surface area contributed by atoms with Crippen molar-refractivity contribution >= 4 is 11.9 Å². The topological polar surface area (TPSA) is 93.6 Å². The van der Waals surface area contributed by atoms with Gasteiger partial charge in [-0.2, -0.15) is 0 Å². The van der Waals surface area contributed by atoms with Crippen LogP contribution in [0, 0.1) is 13.8 Å². The molecule has 21 heavy (non-hydrogen) atoms. The van der Waals surface area contributed by atoms with Crippen molar-refractivity contribution in [2.24, 2.45) is 0 Å². The average Bonchev–Trinajstić information content (AvgIpc) is 2.55. The summed E-state index contributed by atoms with van der Waals surface area (Å²) < 4.78 is 0. The number of aromatic carboxylic acids is 1. The first-order chi connectivity index (χ1) is 9.73. The summed E-state index contributed by atoms with van der Waals surface area (Å²) in [6, 6.07) is 0. The molecule has 6 nitrogen and oxygen atoms in total. The minimum absolute atomic E-state index is 0.0673. The zero-order valence-electron chi connectivity index (χ0n) is 12.7. The molecule has 116 valence electrons. The number of likely N-dealkylation sites (tertiary alicyclic amines) is 1. The quantitative estimate of drug-likeness (QED) is 0.774. The Balaban J connectivity index is 2.26. The standard InChI is InChI=1S/C15H22N2O4/c1-9-11(10(2)16-12(9)14(19)20)13(18)17-7-4-5-15(3,21)6-8-17/h16,21H,4-8H2,1-3H3,(H,19,20). The summed E-state index contributed by atoms with van der Waals surface area (Å²) >= 11 is 0. The lowest BCUT2D eigenvalue weighted by molar-refractivity contribution is 0.0437. The molecule has 0 bridgehead atoms. The number of carbonyl (C=O) groups excluding carboxylic acids is 1. The number of carboxylic acid groups (broad SMARTS) is 1. The molecule has 2 rings (SSSR count). The van der Waals surface area contributed by atoms with Crippen molar-refractivity contribution in [2.75, 3.05) is 13.1 Å². The fourth-order valence-electron chi connectivity index (χ4n) is 2.91. The number of nitrogens with zero attached hydrogens (tertiary/aromatic N) is 1. The lowest BCUT2D eigenvalue weighted by Gasteiger charge is -2.23. The second-order valence-electron chi connectivity index (χ2n) is 6.07. The van der Waals surface area contributed by atoms with E-state index in [0.29, 0.717) is 42.8 Å². The number of aromatic amines is 1. The smallest absolute Gasteiger partial charge is 0.352 e. The van der Waals surface area contributed by atoms with E-state index in [2.05, 4.69) is 4.98 Å². The maximum absolute atomic E-state index is 12.7. The Morgan fingerprint density at radius 2 is 1.90 bits per heavy atom. The first-order valence-corrected chi connectivity index (χ1v) is 7.17. The Kier molecular flexibility index (Phi) is 4.09. The van der Waals surface area contributed by atoms with Crippen LogP contribution in [-0.2, 0) is 0 Å². The van der Waals surface area contributed by atoms with E-state index in [0.717, 1.165) is 6.42 Å². The molecule has 6 heteroatoms. The average molecular weight is 294 g/mol. The molecule has 1 aromatic rings. The van der Waals surface area contributed by atoms with Crippen molar-refractivity contribution in [2.45, 2.75) is 45.6 Å². The molecule has 1 atom stereocenters. The summed E-state index contributed by atoms with van der Waals surface area (Å²) in [7, 11) is 0. The number of aryl methyl sites for hydroxylation is 1. The highest BCUT2D eigenvalue weighted by Crippen LogP contribution is 2.25. The number of aliphatic hydroxyl groups is 1. The molecule has 1 aromatic heterocycles. The Morgan fingerprint density at radius 3 is 2.48 bits per heavy atom. The van der Waals surface area contributed by atoms with E-state index in [-0.39, 0.29) is 11.6 Å². The number of hydrogen-bond acceptors (Lipinski definition) is 3. The first kappa shape index (κ1) is 15.6. The second kappa shape index (κ2) is 5.52. The Labute approximate surface area is 123 Å². The highest BCUT2D eigenvalue weighted by molar-refractivity contribution is 6.00. The molecular formula is C15H22N2O4. The summed E-state index contributed by atoms with van der Waals surface area (Å²) in [4.78, 5) is 28.3. The summed E-state index contributed by atoms with van der Waals surface area (Å²) in [6.45, 7) is 6.21. The molecule has 0 aliphatic carbocycles. The van der Waals surface area contributed by atoms with Gasteiger partial charge in [-0.05, 0) is 45.6 Å². The van der Waals surface area contributed by atoms with Gasteiger partial charge in [0.25, 0.3) is 5.91 Å². The highest BCUT2D eigenvalue weighted by atomic mass is 16.4. The number of rotatable bonds is 2. The van der Waals surface area contributed by atoms with Gasteiger partial charge < -0.3 is 20.1 Å². The lowest BCUT2D eigenvalue weighted by Crippen LogP contribution is -2.34. The summed E-state index contributed by atoms with van der Waals surface area (Å²) in [5.74, 6) is -1.22. The third kappa shape index (κ3) is 3.10. The summed E-state index contributed by atoms with van der Waals surface area (Å²) in [6.07, 6.45) is 1.95. The number of hydrogen-bond donors (Lipinski definition) is 3. The van der Waals surface area contributed by atoms with E-state index in [9.17, 15) is 14.7 Å². The van der Waals surface area contributed by atoms with E-state index in [1.165, 1.54) is 0 Å². The van der Waals surface area contributed by atoms with Gasteiger partial charge in [0.15, 0.2) is 0 Å². The van der Waals surface area contributed by atoms with Gasteiger partial charge in [0.05, 0.1) is 11.2 Å². The molecule has 1 unspecified atom stereocenters. The molecule has 2 heterocycles. The van der Waals surface area contributed by atoms with Crippen LogP contribution in [0.5, 0.6) is 0 Å². The van der Waals surface area contributed by atoms with Crippen molar-refractivity contribution in [3.63, 3.8) is 0 Å². The van der Waals surface area contributed by atoms with Gasteiger partial charge in [0.1, 0.15) is 5.69 Å². The van der Waals surface area contributed by atoms with Crippen molar-refractivity contribution in [3.8, 4) is 0 Å². The van der Waals surface area contributed by atoms with Gasteiger partial charge >= 0.3 is 5.97 Å². The number of nitrogens with one attached hydrogen (secondary N) is 1. The maximum atomic E-state index is 12.7. The van der Waals surface area contributed by atoms with E-state index < -0.39 is 11.6 Å². The van der Waals surface area contributed by atoms with Gasteiger partial charge in [-0.15, -0.1) is 0 Å². The SMILES string of the molecule is Cc1[nH]c(C(=O)O)c(C)c1C(=O)N1CCCC(C)(O)CC1. The first-order valence-electron chi connectivity index (χ1n) is 7.17. The van der Waals surface area contributed by atoms with Gasteiger partial charge in [-0.25, -0.2) is 4.79 Å². The van der Waals surface area contributed by atoms with Crippen LogP contribution in [0.15, 0.2) is 0 Å². The van der Waals surface area contributed by atoms with Crippen LogP contribution in [0.25, 0.3) is 0 Å². The molecule has 1 saturated heterocycles. The third-order valence-electron chi connectivity index (χ3n) is 4.22. The fraction of sp³-hybridized carbons (Fsp3) is 0.600. The van der Waals surface area contributed by atoms with Crippen LogP contribution < -0.4 is 0 Å². The van der Waals surface area contributed by atoms with E-state index in [1.54, 1.807) is 25.7 Å². The Morgan fingerprint density at radius 1 is 1.24 bits per heavy atom. The molecule has 0 saturated carbocycles. The van der Waals surface area contributed by atoms with Crippen LogP contribution in [0.1, 0.15) is 58.3 Å². The predicted octanol–water partition coefficient (Wildman–Crippen LogP) is 1.71. The molecule has 0 radical (unpaired) electrons. The summed E-state index contributed by atoms with van der Waals surface area (Å²) in [5.41, 5.74) is 0.822. The van der Waals surface area contributed by atoms with E-state index in [1.807, 2.05) is 0 Å². The summed E-state index contributed by atoms with van der Waals surface area (Å²) in [5, 5.41) is 19.2. The molecular weight excluding hydrogens is 272 g/mol. The Hall–Kier alpha value is -1.82. The van der Waals surface area contributed by atoms with Crippen molar-refractivity contribution in [1.82, 2.24) is 9.88 Å². The zero-order valence-corrected chi connectivity index (χ0v) is 12.7. The molecule has 1 aliphatic heterocycles. The minimum Gasteiger partial charge on any atom is -0.477 e. The molecule has 1 aliphatic rings. The number of carboxylic acids is 1. The van der Waals surface area contributed by atoms with Crippen LogP contribution in [0.2, 0.25) is 0 Å². The Bertz CT molecular complexity index is 574. The lowest BCUT2D eigenvalue weighted by atomic mass is 9.98. The monoisotopic (exact) mass is 294 g/mol. The van der Waals surface area contributed by atoms with Gasteiger partial charge in [-0.3, -0.25) is 4.79 Å². The second-order valence-corrected chi connectivity index (χ2v) is 6.07. The minimum atomic E-state index is -1.06. The molecule has 1 amide bonds. The zero-order chi connectivity index (χ0) is 15.8. The van der Waals surface area contributed by atoms with Crippen LogP contribution in [0.4, 0.5) is 0 Å². The maximum Gasteiger partial charge on any atom is 0.352 e. The van der Waals surface area contributed by atoms with Crippen LogP contribution in [-0.4, -0.2) is 50.7 Å². The van der Waals surface area contributed by atoms with Crippen molar-refractivity contribution < 1.29 is 19.8 Å². The van der Waals surface area contributed by atoms with Crippen LogP contribution in [0.3, 0.4) is 0 Å². The highest BCUT2D eigenvalue weighted by Gasteiger charge is 2.30. The molecule has 3 N–H and O–H groups in total. The largest absolute Gasteiger partial charge is 0.477 e. The fourth-order valence-corrected chi connectivity index (χ4v) is 2.91. The van der Waals surface area contributed by atoms with Gasteiger partial charge in [0.2, 0.25) is 0 Å². The normalized spacial score (nSPS) is 23.0. The number of H-pyrrole nitrogens is 1. The predicted molar refractivity (Wildman–Crippen MR) is 77.6 cm³/mol. The number of amides is 1. The number of carbonyl (C=O) groups is 2.